The van der Waals surface area contributed by atoms with E-state index in [1.54, 1.807) is 6.08 Å². The van der Waals surface area contributed by atoms with Crippen molar-refractivity contribution in [1.29, 1.82) is 0 Å². The van der Waals surface area contributed by atoms with Crippen LogP contribution in [0, 0.1) is 0 Å². The van der Waals surface area contributed by atoms with Gasteiger partial charge in [0.1, 0.15) is 0 Å². The van der Waals surface area contributed by atoms with Crippen molar-refractivity contribution in [3.8, 4) is 0 Å². The zero-order valence-electron chi connectivity index (χ0n) is 48.6. The van der Waals surface area contributed by atoms with E-state index in [1.807, 2.05) is 6.08 Å². The summed E-state index contributed by atoms with van der Waals surface area (Å²) in [5, 5.41) is 23.2. The summed E-state index contributed by atoms with van der Waals surface area (Å²) >= 11 is 0. The lowest BCUT2D eigenvalue weighted by atomic mass is 10.0. The summed E-state index contributed by atoms with van der Waals surface area (Å²) in [6, 6.07) is -0.653. The molecule has 4 nitrogen and oxygen atoms in total. The Morgan fingerprint density at radius 2 is 0.608 bits per heavy atom. The van der Waals surface area contributed by atoms with Gasteiger partial charge in [-0.25, -0.2) is 0 Å². The van der Waals surface area contributed by atoms with Crippen molar-refractivity contribution in [2.45, 2.75) is 296 Å². The largest absolute Gasteiger partial charge is 0.394 e. The maximum Gasteiger partial charge on any atom is 0.220 e. The third kappa shape index (κ3) is 59.4. The van der Waals surface area contributed by atoms with Crippen LogP contribution in [0.2, 0.25) is 0 Å². The molecule has 422 valence electrons. The number of carbonyl (C=O) groups is 1. The zero-order valence-corrected chi connectivity index (χ0v) is 48.6. The number of amides is 1. The third-order valence-corrected chi connectivity index (χ3v) is 13.6. The van der Waals surface area contributed by atoms with Crippen LogP contribution >= 0.6 is 0 Å². The molecule has 0 radical (unpaired) electrons. The Labute approximate surface area is 460 Å². The normalized spacial score (nSPS) is 13.7. The molecule has 0 aliphatic rings. The number of hydrogen-bond acceptors (Lipinski definition) is 3. The summed E-state index contributed by atoms with van der Waals surface area (Å²) in [6.07, 6.45) is 99.2. The van der Waals surface area contributed by atoms with Gasteiger partial charge >= 0.3 is 0 Å². The molecule has 2 atom stereocenters. The molecule has 2 unspecified atom stereocenters. The molecule has 1 amide bonds. The van der Waals surface area contributed by atoms with Crippen LogP contribution in [-0.2, 0) is 4.79 Å². The van der Waals surface area contributed by atoms with E-state index < -0.39 is 12.1 Å². The van der Waals surface area contributed by atoms with E-state index in [0.717, 1.165) is 96.3 Å². The molecule has 0 bridgehead atoms. The second-order valence-electron chi connectivity index (χ2n) is 20.7. The molecular formula is C70H119NO3. The molecule has 0 aliphatic carbocycles. The maximum absolute atomic E-state index is 12.5. The molecule has 0 saturated carbocycles. The van der Waals surface area contributed by atoms with E-state index in [1.165, 1.54) is 167 Å². The Balaban J connectivity index is 3.62. The van der Waals surface area contributed by atoms with E-state index in [0.29, 0.717) is 6.42 Å². The van der Waals surface area contributed by atoms with Crippen molar-refractivity contribution in [3.63, 3.8) is 0 Å². The van der Waals surface area contributed by atoms with Crippen LogP contribution in [0.5, 0.6) is 0 Å². The van der Waals surface area contributed by atoms with Crippen LogP contribution in [0.3, 0.4) is 0 Å². The lowest BCUT2D eigenvalue weighted by Gasteiger charge is -2.19. The number of aliphatic hydroxyl groups is 2. The van der Waals surface area contributed by atoms with Gasteiger partial charge in [-0.3, -0.25) is 4.79 Å². The molecule has 0 aliphatic heterocycles. The highest BCUT2D eigenvalue weighted by Crippen LogP contribution is 2.16. The molecule has 0 aromatic heterocycles. The number of nitrogens with one attached hydrogen (secondary N) is 1. The van der Waals surface area contributed by atoms with Gasteiger partial charge in [0.2, 0.25) is 5.91 Å². The molecule has 0 aromatic carbocycles. The maximum atomic E-state index is 12.5. The highest BCUT2D eigenvalue weighted by Gasteiger charge is 2.18. The highest BCUT2D eigenvalue weighted by molar-refractivity contribution is 5.76. The van der Waals surface area contributed by atoms with E-state index >= 15 is 0 Å². The first kappa shape index (κ1) is 70.5. The topological polar surface area (TPSA) is 69.6 Å². The first-order chi connectivity index (χ1) is 36.7. The standard InChI is InChI=1S/C70H119NO3/c1-3-5-7-9-11-13-15-17-19-21-23-25-27-29-30-31-32-33-34-35-36-37-38-39-40-42-44-46-48-50-52-54-56-58-60-62-64-66-70(74)71-68(67-72)69(73)65-63-61-59-57-55-53-51-49-47-45-43-41-28-26-24-22-20-18-16-14-12-10-8-6-4-2/h5,7,11,13,17,19,23,25,29-30,32-33,35-36,38-39,42,44,55,57,63,65,68-69,72-73H,3-4,6,8-10,12,14-16,18,20-22,24,26-28,31,34,37,40-41,43,45-54,56,58-62,64,66-67H2,1-2H3,(H,71,74)/b7-5-,13-11-,19-17-,25-23-,30-29-,33-32-,36-35-,39-38-,44-42-,57-55+,65-63+. The minimum Gasteiger partial charge on any atom is -0.394 e. The molecule has 3 N–H and O–H groups in total. The minimum absolute atomic E-state index is 0.0834. The Bertz CT molecular complexity index is 1490. The van der Waals surface area contributed by atoms with Crippen molar-refractivity contribution in [2.24, 2.45) is 0 Å². The van der Waals surface area contributed by atoms with Gasteiger partial charge in [-0.2, -0.15) is 0 Å². The number of unbranched alkanes of at least 4 members (excludes halogenated alkanes) is 29. The van der Waals surface area contributed by atoms with Crippen molar-refractivity contribution in [2.75, 3.05) is 6.61 Å². The predicted octanol–water partition coefficient (Wildman–Crippen LogP) is 21.4. The first-order valence-electron chi connectivity index (χ1n) is 31.4. The van der Waals surface area contributed by atoms with Crippen molar-refractivity contribution < 1.29 is 15.0 Å². The number of allylic oxidation sites excluding steroid dienone is 21. The Morgan fingerprint density at radius 3 is 0.946 bits per heavy atom. The molecule has 0 rings (SSSR count). The van der Waals surface area contributed by atoms with Crippen LogP contribution < -0.4 is 5.32 Å². The van der Waals surface area contributed by atoms with Gasteiger partial charge in [-0.05, 0) is 103 Å². The molecule has 4 heteroatoms. The zero-order chi connectivity index (χ0) is 53.4. The first-order valence-corrected chi connectivity index (χ1v) is 31.4. The fourth-order valence-electron chi connectivity index (χ4n) is 8.89. The van der Waals surface area contributed by atoms with Gasteiger partial charge < -0.3 is 15.5 Å². The van der Waals surface area contributed by atoms with E-state index in [2.05, 4.69) is 141 Å². The van der Waals surface area contributed by atoms with Crippen LogP contribution in [0.1, 0.15) is 284 Å². The summed E-state index contributed by atoms with van der Waals surface area (Å²) in [5.41, 5.74) is 0. The fraction of sp³-hybridized carbons (Fsp3) is 0.671. The van der Waals surface area contributed by atoms with E-state index in [-0.39, 0.29) is 12.5 Å². The van der Waals surface area contributed by atoms with Crippen molar-refractivity contribution in [1.82, 2.24) is 5.32 Å². The van der Waals surface area contributed by atoms with Crippen LogP contribution in [0.25, 0.3) is 0 Å². The smallest absolute Gasteiger partial charge is 0.220 e. The summed E-state index contributed by atoms with van der Waals surface area (Å²) in [5.74, 6) is -0.0834. The number of rotatable bonds is 56. The van der Waals surface area contributed by atoms with E-state index in [9.17, 15) is 15.0 Å². The van der Waals surface area contributed by atoms with Gasteiger partial charge in [-0.1, -0.05) is 308 Å². The molecule has 0 fully saturated rings. The van der Waals surface area contributed by atoms with Crippen LogP contribution in [0.4, 0.5) is 0 Å². The van der Waals surface area contributed by atoms with Gasteiger partial charge in [0, 0.05) is 6.42 Å². The van der Waals surface area contributed by atoms with Gasteiger partial charge in [-0.15, -0.1) is 0 Å². The highest BCUT2D eigenvalue weighted by atomic mass is 16.3. The van der Waals surface area contributed by atoms with Gasteiger partial charge in [0.05, 0.1) is 18.8 Å². The average Bonchev–Trinajstić information content (AvgIpc) is 3.40. The monoisotopic (exact) mass is 1020 g/mol. The van der Waals surface area contributed by atoms with Crippen LogP contribution in [-0.4, -0.2) is 34.9 Å². The lowest BCUT2D eigenvalue weighted by Crippen LogP contribution is -2.45. The molecule has 0 spiro atoms. The molecule has 0 saturated heterocycles. The Morgan fingerprint density at radius 1 is 0.338 bits per heavy atom. The second kappa shape index (κ2) is 63.8. The Kier molecular flexibility index (Phi) is 60.8. The summed E-state index contributed by atoms with van der Waals surface area (Å²) < 4.78 is 0. The van der Waals surface area contributed by atoms with Gasteiger partial charge in [0.25, 0.3) is 0 Å². The second-order valence-corrected chi connectivity index (χ2v) is 20.7. The van der Waals surface area contributed by atoms with E-state index in [4.69, 9.17) is 0 Å². The quantitative estimate of drug-likeness (QED) is 0.0420. The fourth-order valence-corrected chi connectivity index (χ4v) is 8.89. The van der Waals surface area contributed by atoms with Crippen LogP contribution in [0.15, 0.2) is 134 Å². The molecular weight excluding hydrogens is 903 g/mol. The molecule has 0 aromatic rings. The number of aliphatic hydroxyl groups excluding tert-OH is 2. The van der Waals surface area contributed by atoms with Crippen molar-refractivity contribution >= 4 is 5.91 Å². The SMILES string of the molecule is CC/C=C\C/C=C\C/C=C\C/C=C\C/C=C\C/C=C\C/C=C\C/C=C\C/C=C\CCCCCCCCCCCC(=O)NC(CO)C(O)/C=C/CC/C=C/CCCCCCCCCCCCCCCCCCCCC. The number of carbonyl (C=O) groups excluding carboxylic acids is 1. The van der Waals surface area contributed by atoms with Gasteiger partial charge in [0.15, 0.2) is 0 Å². The van der Waals surface area contributed by atoms with Crippen molar-refractivity contribution in [3.05, 3.63) is 134 Å². The molecule has 74 heavy (non-hydrogen) atoms. The average molecular weight is 1020 g/mol. The Hall–Kier alpha value is -3.47. The molecule has 0 heterocycles. The number of hydrogen-bond donors (Lipinski definition) is 3. The third-order valence-electron chi connectivity index (χ3n) is 13.6. The predicted molar refractivity (Wildman–Crippen MR) is 331 cm³/mol. The summed E-state index contributed by atoms with van der Waals surface area (Å²) in [6.45, 7) is 4.19. The minimum atomic E-state index is -0.875. The lowest BCUT2D eigenvalue weighted by molar-refractivity contribution is -0.123. The summed E-state index contributed by atoms with van der Waals surface area (Å²) in [7, 11) is 0. The summed E-state index contributed by atoms with van der Waals surface area (Å²) in [4.78, 5) is 12.5.